The van der Waals surface area contributed by atoms with E-state index in [9.17, 15) is 0 Å². The lowest BCUT2D eigenvalue weighted by Crippen LogP contribution is -2.33. The van der Waals surface area contributed by atoms with E-state index in [4.69, 9.17) is 9.63 Å². The van der Waals surface area contributed by atoms with Crippen LogP contribution in [0.15, 0.2) is 21.3 Å². The van der Waals surface area contributed by atoms with E-state index in [0.717, 1.165) is 5.56 Å². The zero-order valence-electron chi connectivity index (χ0n) is 10.5. The predicted molar refractivity (Wildman–Crippen MR) is 70.2 cm³/mol. The Hall–Kier alpha value is -1.24. The van der Waals surface area contributed by atoms with Crippen molar-refractivity contribution < 1.29 is 9.63 Å². The fourth-order valence-electron chi connectivity index (χ4n) is 1.65. The fraction of sp³-hybridized carbons (Fsp3) is 0.500. The molecule has 0 atom stereocenters. The van der Waals surface area contributed by atoms with Crippen molar-refractivity contribution in [1.82, 2.24) is 15.0 Å². The van der Waals surface area contributed by atoms with E-state index in [-0.39, 0.29) is 6.61 Å². The molecule has 5 nitrogen and oxygen atoms in total. The Labute approximate surface area is 110 Å². The van der Waals surface area contributed by atoms with Crippen LogP contribution in [0.2, 0.25) is 0 Å². The second kappa shape index (κ2) is 6.08. The summed E-state index contributed by atoms with van der Waals surface area (Å²) in [6.45, 7) is 5.49. The summed E-state index contributed by atoms with van der Waals surface area (Å²) < 4.78 is 5.22. The molecule has 18 heavy (non-hydrogen) atoms. The summed E-state index contributed by atoms with van der Waals surface area (Å²) in [7, 11) is 0. The Bertz CT molecular complexity index is 467. The van der Waals surface area contributed by atoms with Crippen molar-refractivity contribution in [3.63, 3.8) is 0 Å². The molecule has 0 fully saturated rings. The number of aromatic nitrogens is 2. The van der Waals surface area contributed by atoms with Crippen molar-refractivity contribution in [2.45, 2.75) is 26.4 Å². The van der Waals surface area contributed by atoms with E-state index in [0.29, 0.717) is 30.8 Å². The van der Waals surface area contributed by atoms with Crippen LogP contribution in [-0.4, -0.2) is 39.3 Å². The van der Waals surface area contributed by atoms with Gasteiger partial charge in [0.05, 0.1) is 18.7 Å². The molecule has 0 bridgehead atoms. The number of nitrogens with zero attached hydrogens (tertiary/aromatic N) is 3. The first-order valence-electron chi connectivity index (χ1n) is 5.90. The average Bonchev–Trinajstić information content (AvgIpc) is 2.98. The van der Waals surface area contributed by atoms with Gasteiger partial charge in [0.25, 0.3) is 5.89 Å². The quantitative estimate of drug-likeness (QED) is 0.867. The van der Waals surface area contributed by atoms with Gasteiger partial charge in [-0.1, -0.05) is 5.16 Å². The second-order valence-electron chi connectivity index (χ2n) is 4.32. The molecule has 98 valence electrons. The van der Waals surface area contributed by atoms with Crippen molar-refractivity contribution in [1.29, 1.82) is 0 Å². The minimum Gasteiger partial charge on any atom is -0.395 e. The third kappa shape index (κ3) is 3.16. The molecular formula is C12H17N3O2S. The Balaban J connectivity index is 2.06. The number of aliphatic hydroxyl groups is 1. The Morgan fingerprint density at radius 2 is 2.33 bits per heavy atom. The summed E-state index contributed by atoms with van der Waals surface area (Å²) >= 11 is 1.60. The molecule has 6 heteroatoms. The van der Waals surface area contributed by atoms with Crippen molar-refractivity contribution in [3.8, 4) is 11.5 Å². The van der Waals surface area contributed by atoms with Crippen LogP contribution in [0, 0.1) is 0 Å². The van der Waals surface area contributed by atoms with Gasteiger partial charge in [-0.3, -0.25) is 4.90 Å². The lowest BCUT2D eigenvalue weighted by atomic mass is 10.3. The summed E-state index contributed by atoms with van der Waals surface area (Å²) in [4.78, 5) is 6.46. The zero-order valence-corrected chi connectivity index (χ0v) is 11.4. The highest BCUT2D eigenvalue weighted by Gasteiger charge is 2.14. The van der Waals surface area contributed by atoms with Crippen LogP contribution in [-0.2, 0) is 6.54 Å². The van der Waals surface area contributed by atoms with Crippen LogP contribution < -0.4 is 0 Å². The van der Waals surface area contributed by atoms with Crippen LogP contribution in [0.4, 0.5) is 0 Å². The predicted octanol–water partition coefficient (Wildman–Crippen LogP) is 2.00. The molecule has 0 aliphatic rings. The first-order valence-corrected chi connectivity index (χ1v) is 6.85. The molecule has 0 amide bonds. The molecule has 2 aromatic heterocycles. The topological polar surface area (TPSA) is 62.4 Å². The number of thiophene rings is 1. The summed E-state index contributed by atoms with van der Waals surface area (Å²) in [5.74, 6) is 1.21. The molecule has 0 aromatic carbocycles. The van der Waals surface area contributed by atoms with E-state index in [1.165, 1.54) is 0 Å². The van der Waals surface area contributed by atoms with Crippen molar-refractivity contribution in [2.75, 3.05) is 13.2 Å². The summed E-state index contributed by atoms with van der Waals surface area (Å²) in [5.41, 5.74) is 0.956. The van der Waals surface area contributed by atoms with Crippen LogP contribution >= 0.6 is 11.3 Å². The van der Waals surface area contributed by atoms with Gasteiger partial charge >= 0.3 is 0 Å². The normalized spacial score (nSPS) is 11.6. The van der Waals surface area contributed by atoms with Gasteiger partial charge in [-0.2, -0.15) is 16.3 Å². The molecule has 2 heterocycles. The van der Waals surface area contributed by atoms with Gasteiger partial charge in [-0.05, 0) is 25.3 Å². The Kier molecular flexibility index (Phi) is 4.46. The van der Waals surface area contributed by atoms with Gasteiger partial charge in [0, 0.05) is 18.0 Å². The van der Waals surface area contributed by atoms with Crippen LogP contribution in [0.5, 0.6) is 0 Å². The molecular weight excluding hydrogens is 250 g/mol. The summed E-state index contributed by atoms with van der Waals surface area (Å²) in [5, 5.41) is 16.9. The minimum absolute atomic E-state index is 0.132. The maximum absolute atomic E-state index is 9.01. The van der Waals surface area contributed by atoms with Gasteiger partial charge in [0.15, 0.2) is 5.82 Å². The van der Waals surface area contributed by atoms with Gasteiger partial charge in [0.2, 0.25) is 0 Å². The molecule has 2 aromatic rings. The molecule has 1 N–H and O–H groups in total. The third-order valence-electron chi connectivity index (χ3n) is 2.70. The molecule has 0 aliphatic carbocycles. The van der Waals surface area contributed by atoms with Crippen molar-refractivity contribution in [2.24, 2.45) is 0 Å². The lowest BCUT2D eigenvalue weighted by Gasteiger charge is -2.23. The van der Waals surface area contributed by atoms with E-state index in [1.54, 1.807) is 11.3 Å². The van der Waals surface area contributed by atoms with E-state index >= 15 is 0 Å². The molecule has 2 rings (SSSR count). The van der Waals surface area contributed by atoms with Crippen LogP contribution in [0.1, 0.15) is 19.7 Å². The highest BCUT2D eigenvalue weighted by Crippen LogP contribution is 2.20. The smallest absolute Gasteiger partial charge is 0.258 e. The van der Waals surface area contributed by atoms with Crippen molar-refractivity contribution >= 4 is 11.3 Å². The Morgan fingerprint density at radius 1 is 1.50 bits per heavy atom. The number of hydrogen-bond donors (Lipinski definition) is 1. The number of rotatable bonds is 6. The average molecular weight is 267 g/mol. The zero-order chi connectivity index (χ0) is 13.0. The molecule has 0 saturated carbocycles. The molecule has 0 aliphatic heterocycles. The minimum atomic E-state index is 0.132. The summed E-state index contributed by atoms with van der Waals surface area (Å²) in [6, 6.07) is 2.29. The van der Waals surface area contributed by atoms with Gasteiger partial charge < -0.3 is 9.63 Å². The maximum atomic E-state index is 9.01. The van der Waals surface area contributed by atoms with Crippen molar-refractivity contribution in [3.05, 3.63) is 22.7 Å². The SMILES string of the molecule is CC(C)N(CCO)Cc1noc(-c2ccsc2)n1. The largest absolute Gasteiger partial charge is 0.395 e. The standard InChI is InChI=1S/C12H17N3O2S/c1-9(2)15(4-5-16)7-11-13-12(17-14-11)10-3-6-18-8-10/h3,6,8-9,16H,4-5,7H2,1-2H3. The first kappa shape index (κ1) is 13.2. The number of aliphatic hydroxyl groups excluding tert-OH is 1. The lowest BCUT2D eigenvalue weighted by molar-refractivity contribution is 0.155. The Morgan fingerprint density at radius 3 is 2.94 bits per heavy atom. The molecule has 0 radical (unpaired) electrons. The highest BCUT2D eigenvalue weighted by atomic mass is 32.1. The third-order valence-corrected chi connectivity index (χ3v) is 3.38. The first-order chi connectivity index (χ1) is 8.70. The van der Waals surface area contributed by atoms with E-state index < -0.39 is 0 Å². The van der Waals surface area contributed by atoms with Gasteiger partial charge in [-0.15, -0.1) is 0 Å². The molecule has 0 unspecified atom stereocenters. The van der Waals surface area contributed by atoms with Crippen LogP contribution in [0.3, 0.4) is 0 Å². The van der Waals surface area contributed by atoms with Gasteiger partial charge in [-0.25, -0.2) is 0 Å². The molecule has 0 saturated heterocycles. The number of hydrogen-bond acceptors (Lipinski definition) is 6. The van der Waals surface area contributed by atoms with Crippen LogP contribution in [0.25, 0.3) is 11.5 Å². The summed E-state index contributed by atoms with van der Waals surface area (Å²) in [6.07, 6.45) is 0. The second-order valence-corrected chi connectivity index (χ2v) is 5.10. The van der Waals surface area contributed by atoms with Gasteiger partial charge in [0.1, 0.15) is 0 Å². The monoisotopic (exact) mass is 267 g/mol. The van der Waals surface area contributed by atoms with E-state index in [1.807, 2.05) is 16.8 Å². The fourth-order valence-corrected chi connectivity index (χ4v) is 2.28. The van der Waals surface area contributed by atoms with E-state index in [2.05, 4.69) is 28.9 Å². The molecule has 0 spiro atoms. The maximum Gasteiger partial charge on any atom is 0.258 e. The highest BCUT2D eigenvalue weighted by molar-refractivity contribution is 7.08.